The maximum Gasteiger partial charge on any atom is 0.318 e. The number of carbonyl (C=O) groups is 2. The molecule has 1 aliphatic carbocycles. The second-order valence-electron chi connectivity index (χ2n) is 4.77. The number of nitrogens with two attached hydrogens (primary N) is 1. The second kappa shape index (κ2) is 6.25. The summed E-state index contributed by atoms with van der Waals surface area (Å²) in [4.78, 5) is 22.4. The lowest BCUT2D eigenvalue weighted by Gasteiger charge is -2.11. The van der Waals surface area contributed by atoms with Gasteiger partial charge in [0.25, 0.3) is 0 Å². The third kappa shape index (κ3) is 3.50. The molecular formula is C12H18N4O3S. The molecule has 1 unspecified atom stereocenters. The Morgan fingerprint density at radius 2 is 2.20 bits per heavy atom. The Kier molecular flexibility index (Phi) is 4.64. The van der Waals surface area contributed by atoms with E-state index in [-0.39, 0.29) is 23.5 Å². The highest BCUT2D eigenvalue weighted by atomic mass is 32.2. The van der Waals surface area contributed by atoms with E-state index in [9.17, 15) is 9.59 Å². The molecule has 1 fully saturated rings. The molecule has 1 amide bonds. The van der Waals surface area contributed by atoms with Crippen LogP contribution in [0.1, 0.15) is 37.9 Å². The van der Waals surface area contributed by atoms with E-state index >= 15 is 0 Å². The molecule has 0 aromatic carbocycles. The van der Waals surface area contributed by atoms with Crippen molar-refractivity contribution in [2.24, 2.45) is 5.73 Å². The Morgan fingerprint density at radius 3 is 2.75 bits per heavy atom. The summed E-state index contributed by atoms with van der Waals surface area (Å²) in [6.07, 6.45) is 2.41. The van der Waals surface area contributed by atoms with Crippen LogP contribution in [-0.2, 0) is 20.9 Å². The summed E-state index contributed by atoms with van der Waals surface area (Å²) in [5.41, 5.74) is 5.20. The van der Waals surface area contributed by atoms with Crippen LogP contribution in [0.3, 0.4) is 0 Å². The van der Waals surface area contributed by atoms with Gasteiger partial charge in [-0.1, -0.05) is 11.8 Å². The van der Waals surface area contributed by atoms with Crippen molar-refractivity contribution in [1.29, 1.82) is 0 Å². The van der Waals surface area contributed by atoms with E-state index in [1.54, 1.807) is 6.92 Å². The summed E-state index contributed by atoms with van der Waals surface area (Å²) >= 11 is 1.28. The maximum absolute atomic E-state index is 11.5. The second-order valence-corrected chi connectivity index (χ2v) is 6.07. The lowest BCUT2D eigenvalue weighted by atomic mass is 10.3. The van der Waals surface area contributed by atoms with Gasteiger partial charge in [0.15, 0.2) is 5.16 Å². The number of methoxy groups -OCH3 is 1. The molecule has 1 heterocycles. The Hall–Kier alpha value is -1.57. The highest BCUT2D eigenvalue weighted by Gasteiger charge is 2.31. The number of hydrogen-bond acceptors (Lipinski definition) is 6. The van der Waals surface area contributed by atoms with E-state index < -0.39 is 0 Å². The first kappa shape index (κ1) is 14.8. The van der Waals surface area contributed by atoms with Crippen LogP contribution >= 0.6 is 11.8 Å². The smallest absolute Gasteiger partial charge is 0.318 e. The van der Waals surface area contributed by atoms with Crippen molar-refractivity contribution in [3.63, 3.8) is 0 Å². The number of rotatable bonds is 7. The number of ether oxygens (including phenoxy) is 1. The number of primary amides is 1. The number of amides is 1. The van der Waals surface area contributed by atoms with Gasteiger partial charge < -0.3 is 15.0 Å². The van der Waals surface area contributed by atoms with Crippen LogP contribution in [0.2, 0.25) is 0 Å². The molecular weight excluding hydrogens is 280 g/mol. The molecule has 0 spiro atoms. The van der Waals surface area contributed by atoms with Crippen LogP contribution in [0.5, 0.6) is 0 Å². The first-order chi connectivity index (χ1) is 9.52. The van der Waals surface area contributed by atoms with Crippen LogP contribution in [0.4, 0.5) is 0 Å². The minimum atomic E-state index is -0.372. The van der Waals surface area contributed by atoms with Gasteiger partial charge in [-0.3, -0.25) is 9.59 Å². The molecule has 1 atom stereocenters. The van der Waals surface area contributed by atoms with Gasteiger partial charge in [-0.25, -0.2) is 0 Å². The molecule has 7 nitrogen and oxygen atoms in total. The fourth-order valence-corrected chi connectivity index (χ4v) is 2.74. The van der Waals surface area contributed by atoms with E-state index in [0.29, 0.717) is 17.6 Å². The Bertz CT molecular complexity index is 513. The average Bonchev–Trinajstić information content (AvgIpc) is 3.18. The van der Waals surface area contributed by atoms with Crippen LogP contribution in [-0.4, -0.2) is 39.0 Å². The predicted molar refractivity (Wildman–Crippen MR) is 73.1 cm³/mol. The van der Waals surface area contributed by atoms with Crippen molar-refractivity contribution in [3.8, 4) is 0 Å². The van der Waals surface area contributed by atoms with Gasteiger partial charge in [0.2, 0.25) is 5.91 Å². The number of nitrogens with zero attached hydrogens (tertiary/aromatic N) is 3. The lowest BCUT2D eigenvalue weighted by molar-refractivity contribution is -0.139. The van der Waals surface area contributed by atoms with Gasteiger partial charge >= 0.3 is 5.97 Å². The van der Waals surface area contributed by atoms with Crippen molar-refractivity contribution in [1.82, 2.24) is 14.8 Å². The van der Waals surface area contributed by atoms with E-state index in [2.05, 4.69) is 10.2 Å². The number of carbonyl (C=O) groups excluding carboxylic acids is 2. The monoisotopic (exact) mass is 298 g/mol. The predicted octanol–water partition coefficient (Wildman–Crippen LogP) is 0.684. The molecule has 1 aliphatic rings. The minimum Gasteiger partial charge on any atom is -0.468 e. The summed E-state index contributed by atoms with van der Waals surface area (Å²) in [5, 5.41) is 8.57. The zero-order chi connectivity index (χ0) is 14.7. The molecule has 20 heavy (non-hydrogen) atoms. The Balaban J connectivity index is 2.14. The normalized spacial score (nSPS) is 15.9. The van der Waals surface area contributed by atoms with Gasteiger partial charge in [-0.2, -0.15) is 0 Å². The topological polar surface area (TPSA) is 100 Å². The Labute approximate surface area is 121 Å². The molecule has 1 saturated carbocycles. The summed E-state index contributed by atoms with van der Waals surface area (Å²) in [5.74, 6) is 0.619. The molecule has 110 valence electrons. The molecule has 8 heteroatoms. The van der Waals surface area contributed by atoms with Crippen molar-refractivity contribution in [2.75, 3.05) is 7.11 Å². The zero-order valence-electron chi connectivity index (χ0n) is 11.5. The fraction of sp³-hybridized carbons (Fsp3) is 0.667. The first-order valence-corrected chi connectivity index (χ1v) is 7.36. The van der Waals surface area contributed by atoms with Gasteiger partial charge in [-0.15, -0.1) is 10.2 Å². The molecule has 0 radical (unpaired) electrons. The highest BCUT2D eigenvalue weighted by Crippen LogP contribution is 2.40. The van der Waals surface area contributed by atoms with Gasteiger partial charge in [0.1, 0.15) is 11.1 Å². The fourth-order valence-electron chi connectivity index (χ4n) is 1.84. The van der Waals surface area contributed by atoms with E-state index in [4.69, 9.17) is 10.5 Å². The van der Waals surface area contributed by atoms with Gasteiger partial charge in [0.05, 0.1) is 7.11 Å². The van der Waals surface area contributed by atoms with Crippen LogP contribution in [0.25, 0.3) is 0 Å². The van der Waals surface area contributed by atoms with Gasteiger partial charge in [0, 0.05) is 18.9 Å². The molecule has 2 N–H and O–H groups in total. The van der Waals surface area contributed by atoms with Crippen LogP contribution < -0.4 is 5.73 Å². The number of hydrogen-bond donors (Lipinski definition) is 1. The third-order valence-electron chi connectivity index (χ3n) is 3.09. The van der Waals surface area contributed by atoms with Crippen LogP contribution in [0.15, 0.2) is 5.16 Å². The molecule has 0 aliphatic heterocycles. The number of thioether (sulfide) groups is 1. The SMILES string of the molecule is COC(=O)C(C)Sc1nnc(C2CC2)n1CCC(N)=O. The number of esters is 1. The summed E-state index contributed by atoms with van der Waals surface area (Å²) in [6, 6.07) is 0. The Morgan fingerprint density at radius 1 is 1.50 bits per heavy atom. The zero-order valence-corrected chi connectivity index (χ0v) is 12.4. The maximum atomic E-state index is 11.5. The van der Waals surface area contributed by atoms with Crippen LogP contribution in [0, 0.1) is 0 Å². The van der Waals surface area contributed by atoms with E-state index in [1.807, 2.05) is 4.57 Å². The molecule has 0 saturated heterocycles. The standard InChI is InChI=1S/C12H18N4O3S/c1-7(11(18)19-2)20-12-15-14-10(8-3-4-8)16(12)6-5-9(13)17/h7-8H,3-6H2,1-2H3,(H2,13,17). The van der Waals surface area contributed by atoms with Crippen molar-refractivity contribution < 1.29 is 14.3 Å². The summed E-state index contributed by atoms with van der Waals surface area (Å²) in [7, 11) is 1.35. The minimum absolute atomic E-state index is 0.234. The highest BCUT2D eigenvalue weighted by molar-refractivity contribution is 8.00. The van der Waals surface area contributed by atoms with Crippen molar-refractivity contribution in [2.45, 2.75) is 49.1 Å². The largest absolute Gasteiger partial charge is 0.468 e. The molecule has 0 bridgehead atoms. The molecule has 1 aromatic rings. The van der Waals surface area contributed by atoms with E-state index in [0.717, 1.165) is 18.7 Å². The molecule has 1 aromatic heterocycles. The lowest BCUT2D eigenvalue weighted by Crippen LogP contribution is -2.18. The molecule has 2 rings (SSSR count). The summed E-state index contributed by atoms with van der Waals surface area (Å²) in [6.45, 7) is 2.20. The summed E-state index contributed by atoms with van der Waals surface area (Å²) < 4.78 is 6.59. The van der Waals surface area contributed by atoms with Crippen molar-refractivity contribution in [3.05, 3.63) is 5.82 Å². The third-order valence-corrected chi connectivity index (χ3v) is 4.14. The van der Waals surface area contributed by atoms with Gasteiger partial charge in [-0.05, 0) is 19.8 Å². The average molecular weight is 298 g/mol. The number of aromatic nitrogens is 3. The quantitative estimate of drug-likeness (QED) is 0.587. The first-order valence-electron chi connectivity index (χ1n) is 6.48. The van der Waals surface area contributed by atoms with E-state index in [1.165, 1.54) is 18.9 Å². The van der Waals surface area contributed by atoms with Crippen molar-refractivity contribution >= 4 is 23.6 Å².